The molecule has 1 heterocycles. The Kier molecular flexibility index (Phi) is 9.33. The van der Waals surface area contributed by atoms with E-state index in [4.69, 9.17) is 4.74 Å². The van der Waals surface area contributed by atoms with Crippen molar-refractivity contribution in [1.82, 2.24) is 15.5 Å². The van der Waals surface area contributed by atoms with Crippen LogP contribution in [0.15, 0.2) is 29.3 Å². The van der Waals surface area contributed by atoms with Gasteiger partial charge in [0.15, 0.2) is 5.96 Å². The molecule has 0 spiro atoms. The summed E-state index contributed by atoms with van der Waals surface area (Å²) in [6.45, 7) is 14.5. The molecule has 26 heavy (non-hydrogen) atoms. The summed E-state index contributed by atoms with van der Waals surface area (Å²) < 4.78 is 5.86. The smallest absolute Gasteiger partial charge is 0.191 e. The Labute approximate surface area is 176 Å². The van der Waals surface area contributed by atoms with Gasteiger partial charge in [0.05, 0.1) is 12.2 Å². The molecular weight excluding hydrogens is 439 g/mol. The van der Waals surface area contributed by atoms with Gasteiger partial charge in [0, 0.05) is 38.8 Å². The van der Waals surface area contributed by atoms with Crippen molar-refractivity contribution in [3.05, 3.63) is 35.4 Å². The van der Waals surface area contributed by atoms with Crippen LogP contribution in [0.5, 0.6) is 0 Å². The maximum atomic E-state index is 5.86. The van der Waals surface area contributed by atoms with Gasteiger partial charge < -0.3 is 15.4 Å². The number of aliphatic imine (C=N–C) groups is 1. The zero-order chi connectivity index (χ0) is 18.4. The lowest BCUT2D eigenvalue weighted by molar-refractivity contribution is -0.0946. The number of halogens is 1. The van der Waals surface area contributed by atoms with Gasteiger partial charge in [0.2, 0.25) is 0 Å². The van der Waals surface area contributed by atoms with Crippen molar-refractivity contribution in [3.63, 3.8) is 0 Å². The summed E-state index contributed by atoms with van der Waals surface area (Å²) in [5.74, 6) is 0.839. The normalized spacial score (nSPS) is 21.8. The summed E-state index contributed by atoms with van der Waals surface area (Å²) in [6.07, 6.45) is 0.558. The third kappa shape index (κ3) is 6.70. The van der Waals surface area contributed by atoms with Crippen LogP contribution in [0.1, 0.15) is 38.8 Å². The van der Waals surface area contributed by atoms with Gasteiger partial charge >= 0.3 is 0 Å². The summed E-state index contributed by atoms with van der Waals surface area (Å²) in [5.41, 5.74) is 2.62. The molecule has 1 fully saturated rings. The molecule has 5 nitrogen and oxygen atoms in total. The molecule has 6 heteroatoms. The second-order valence-electron chi connectivity index (χ2n) is 7.68. The second-order valence-corrected chi connectivity index (χ2v) is 7.68. The van der Waals surface area contributed by atoms with E-state index in [0.29, 0.717) is 0 Å². The number of guanidine groups is 1. The molecule has 2 atom stereocenters. The highest BCUT2D eigenvalue weighted by Crippen LogP contribution is 2.20. The predicted octanol–water partition coefficient (Wildman–Crippen LogP) is 3.17. The molecule has 2 N–H and O–H groups in total. The van der Waals surface area contributed by atoms with E-state index in [0.717, 1.165) is 32.1 Å². The fraction of sp³-hybridized carbons (Fsp3) is 0.650. The van der Waals surface area contributed by atoms with Crippen LogP contribution < -0.4 is 10.6 Å². The van der Waals surface area contributed by atoms with E-state index in [1.165, 1.54) is 11.1 Å². The third-order valence-electron chi connectivity index (χ3n) is 4.90. The van der Waals surface area contributed by atoms with E-state index in [2.05, 4.69) is 79.4 Å². The first-order valence-corrected chi connectivity index (χ1v) is 9.21. The molecule has 1 aromatic rings. The van der Waals surface area contributed by atoms with Gasteiger partial charge in [0.25, 0.3) is 0 Å². The van der Waals surface area contributed by atoms with Crippen molar-refractivity contribution >= 4 is 29.9 Å². The first-order chi connectivity index (χ1) is 11.8. The van der Waals surface area contributed by atoms with Gasteiger partial charge in [-0.05, 0) is 45.7 Å². The monoisotopic (exact) mass is 474 g/mol. The summed E-state index contributed by atoms with van der Waals surface area (Å²) in [4.78, 5) is 6.87. The Hall–Kier alpha value is -0.860. The van der Waals surface area contributed by atoms with Crippen LogP contribution in [0.25, 0.3) is 0 Å². The van der Waals surface area contributed by atoms with Crippen molar-refractivity contribution < 1.29 is 4.74 Å². The second kappa shape index (κ2) is 10.5. The Bertz CT molecular complexity index is 581. The zero-order valence-electron chi connectivity index (χ0n) is 17.0. The standard InChI is InChI=1S/C20H34N4O.HI/c1-15-9-7-8-10-18(15)11-22-19(21-6)23-14-20(4,5)24-12-16(2)25-17(3)13-24;/h7-10,16-17H,11-14H2,1-6H3,(H2,21,22,23);1H. The van der Waals surface area contributed by atoms with Crippen LogP contribution in [-0.2, 0) is 11.3 Å². The molecule has 1 aliphatic rings. The Morgan fingerprint density at radius 2 is 1.81 bits per heavy atom. The van der Waals surface area contributed by atoms with Crippen molar-refractivity contribution in [3.8, 4) is 0 Å². The van der Waals surface area contributed by atoms with Gasteiger partial charge in [-0.2, -0.15) is 0 Å². The number of hydrogen-bond acceptors (Lipinski definition) is 3. The van der Waals surface area contributed by atoms with Crippen LogP contribution in [0, 0.1) is 6.92 Å². The molecule has 2 rings (SSSR count). The fourth-order valence-electron chi connectivity index (χ4n) is 3.29. The number of ether oxygens (including phenoxy) is 1. The van der Waals surface area contributed by atoms with Crippen molar-refractivity contribution in [2.75, 3.05) is 26.7 Å². The van der Waals surface area contributed by atoms with Gasteiger partial charge in [-0.1, -0.05) is 24.3 Å². The summed E-state index contributed by atoms with van der Waals surface area (Å²) in [6, 6.07) is 8.43. The van der Waals surface area contributed by atoms with Crippen molar-refractivity contribution in [2.45, 2.75) is 58.9 Å². The van der Waals surface area contributed by atoms with Crippen LogP contribution in [-0.4, -0.2) is 55.3 Å². The molecule has 0 aliphatic carbocycles. The van der Waals surface area contributed by atoms with E-state index < -0.39 is 0 Å². The topological polar surface area (TPSA) is 48.9 Å². The largest absolute Gasteiger partial charge is 0.373 e. The first-order valence-electron chi connectivity index (χ1n) is 9.21. The molecule has 0 radical (unpaired) electrons. The number of morpholine rings is 1. The number of benzene rings is 1. The molecule has 0 bridgehead atoms. The average Bonchev–Trinajstić information content (AvgIpc) is 2.55. The lowest BCUT2D eigenvalue weighted by atomic mass is 10.00. The summed E-state index contributed by atoms with van der Waals surface area (Å²) >= 11 is 0. The van der Waals surface area contributed by atoms with E-state index in [1.54, 1.807) is 0 Å². The number of nitrogens with one attached hydrogen (secondary N) is 2. The number of nitrogens with zero attached hydrogens (tertiary/aromatic N) is 2. The molecule has 0 amide bonds. The molecule has 0 aromatic heterocycles. The Morgan fingerprint density at radius 3 is 2.38 bits per heavy atom. The van der Waals surface area contributed by atoms with Crippen molar-refractivity contribution in [1.29, 1.82) is 0 Å². The van der Waals surface area contributed by atoms with E-state index in [9.17, 15) is 0 Å². The minimum atomic E-state index is 0. The molecule has 1 aliphatic heterocycles. The minimum Gasteiger partial charge on any atom is -0.373 e. The van der Waals surface area contributed by atoms with Gasteiger partial charge in [0.1, 0.15) is 0 Å². The number of rotatable bonds is 5. The van der Waals surface area contributed by atoms with E-state index >= 15 is 0 Å². The van der Waals surface area contributed by atoms with Gasteiger partial charge in [-0.15, -0.1) is 24.0 Å². The first kappa shape index (κ1) is 23.2. The number of aryl methyl sites for hydroxylation is 1. The summed E-state index contributed by atoms with van der Waals surface area (Å²) in [7, 11) is 1.82. The van der Waals surface area contributed by atoms with Crippen molar-refractivity contribution in [2.24, 2.45) is 4.99 Å². The SMILES string of the molecule is CN=C(NCc1ccccc1C)NCC(C)(C)N1CC(C)OC(C)C1.I. The maximum absolute atomic E-state index is 5.86. The molecule has 0 saturated carbocycles. The van der Waals surface area contributed by atoms with Crippen LogP contribution >= 0.6 is 24.0 Å². The minimum absolute atomic E-state index is 0. The molecule has 148 valence electrons. The molecule has 2 unspecified atom stereocenters. The Balaban J connectivity index is 0.00000338. The third-order valence-corrected chi connectivity index (χ3v) is 4.90. The molecular formula is C20H35IN4O. The lowest BCUT2D eigenvalue weighted by Gasteiger charge is -2.45. The van der Waals surface area contributed by atoms with Crippen LogP contribution in [0.3, 0.4) is 0 Å². The van der Waals surface area contributed by atoms with Crippen LogP contribution in [0.2, 0.25) is 0 Å². The van der Waals surface area contributed by atoms with Crippen LogP contribution in [0.4, 0.5) is 0 Å². The highest BCUT2D eigenvalue weighted by Gasteiger charge is 2.33. The highest BCUT2D eigenvalue weighted by molar-refractivity contribution is 14.0. The highest BCUT2D eigenvalue weighted by atomic mass is 127. The van der Waals surface area contributed by atoms with Gasteiger partial charge in [-0.25, -0.2) is 0 Å². The summed E-state index contributed by atoms with van der Waals surface area (Å²) in [5, 5.41) is 6.90. The maximum Gasteiger partial charge on any atom is 0.191 e. The predicted molar refractivity (Wildman–Crippen MR) is 120 cm³/mol. The quantitative estimate of drug-likeness (QED) is 0.391. The van der Waals surface area contributed by atoms with E-state index in [1.807, 2.05) is 7.05 Å². The fourth-order valence-corrected chi connectivity index (χ4v) is 3.29. The lowest BCUT2D eigenvalue weighted by Crippen LogP contribution is -2.59. The molecule has 1 aromatic carbocycles. The zero-order valence-corrected chi connectivity index (χ0v) is 19.3. The molecule has 1 saturated heterocycles. The van der Waals surface area contributed by atoms with Gasteiger partial charge in [-0.3, -0.25) is 9.89 Å². The Morgan fingerprint density at radius 1 is 1.19 bits per heavy atom. The average molecular weight is 474 g/mol. The number of hydrogen-bond donors (Lipinski definition) is 2. The van der Waals surface area contributed by atoms with E-state index in [-0.39, 0.29) is 41.7 Å².